The maximum absolute atomic E-state index is 13.2. The molecule has 0 bridgehead atoms. The van der Waals surface area contributed by atoms with E-state index in [9.17, 15) is 9.50 Å². The van der Waals surface area contributed by atoms with Gasteiger partial charge in [0, 0.05) is 6.20 Å². The minimum Gasteiger partial charge on any atom is -0.380 e. The largest absolute Gasteiger partial charge is 0.380 e. The second-order valence-corrected chi connectivity index (χ2v) is 3.03. The molecule has 0 aromatic carbocycles. The number of unbranched alkanes of at least 4 members (excludes halogenated alkanes) is 1. The first kappa shape index (κ1) is 10.9. The SMILES string of the molecule is CCC/C=C(\F)C(O)c1ccccn1. The van der Waals surface area contributed by atoms with Gasteiger partial charge in [-0.15, -0.1) is 0 Å². The van der Waals surface area contributed by atoms with Crippen molar-refractivity contribution >= 4 is 0 Å². The first-order valence-corrected chi connectivity index (χ1v) is 4.70. The number of aliphatic hydroxyl groups is 1. The molecule has 0 aliphatic carbocycles. The van der Waals surface area contributed by atoms with Gasteiger partial charge in [-0.3, -0.25) is 4.98 Å². The van der Waals surface area contributed by atoms with Crippen molar-refractivity contribution in [1.82, 2.24) is 4.98 Å². The zero-order valence-electron chi connectivity index (χ0n) is 8.15. The highest BCUT2D eigenvalue weighted by Crippen LogP contribution is 2.20. The average molecular weight is 195 g/mol. The third-order valence-corrected chi connectivity index (χ3v) is 1.86. The molecule has 1 aromatic heterocycles. The number of nitrogens with zero attached hydrogens (tertiary/aromatic N) is 1. The van der Waals surface area contributed by atoms with E-state index in [4.69, 9.17) is 0 Å². The van der Waals surface area contributed by atoms with Gasteiger partial charge in [-0.2, -0.15) is 0 Å². The molecule has 1 rings (SSSR count). The summed E-state index contributed by atoms with van der Waals surface area (Å²) in [6.07, 6.45) is 3.21. The third kappa shape index (κ3) is 2.92. The van der Waals surface area contributed by atoms with Gasteiger partial charge in [-0.05, 0) is 24.6 Å². The second kappa shape index (κ2) is 5.50. The normalized spacial score (nSPS) is 14.1. The highest BCUT2D eigenvalue weighted by Gasteiger charge is 2.13. The van der Waals surface area contributed by atoms with E-state index in [0.717, 1.165) is 6.42 Å². The smallest absolute Gasteiger partial charge is 0.147 e. The van der Waals surface area contributed by atoms with Crippen molar-refractivity contribution in [2.75, 3.05) is 0 Å². The van der Waals surface area contributed by atoms with Crippen LogP contribution in [0.25, 0.3) is 0 Å². The summed E-state index contributed by atoms with van der Waals surface area (Å²) in [5.74, 6) is -0.523. The molecular weight excluding hydrogens is 181 g/mol. The number of hydrogen-bond acceptors (Lipinski definition) is 2. The van der Waals surface area contributed by atoms with Crippen LogP contribution in [0.4, 0.5) is 4.39 Å². The third-order valence-electron chi connectivity index (χ3n) is 1.86. The van der Waals surface area contributed by atoms with Crippen LogP contribution in [-0.2, 0) is 0 Å². The lowest BCUT2D eigenvalue weighted by atomic mass is 10.2. The average Bonchev–Trinajstić information content (AvgIpc) is 2.26. The quantitative estimate of drug-likeness (QED) is 0.801. The Morgan fingerprint density at radius 2 is 2.43 bits per heavy atom. The van der Waals surface area contributed by atoms with Gasteiger partial charge in [0.1, 0.15) is 11.9 Å². The van der Waals surface area contributed by atoms with Gasteiger partial charge < -0.3 is 5.11 Å². The maximum atomic E-state index is 13.2. The molecule has 1 heterocycles. The number of aliphatic hydroxyl groups excluding tert-OH is 1. The summed E-state index contributed by atoms with van der Waals surface area (Å²) in [5.41, 5.74) is 0.345. The predicted octanol–water partition coefficient (Wildman–Crippen LogP) is 2.77. The standard InChI is InChI=1S/C11H14FNO/c1-2-3-6-9(12)11(14)10-7-4-5-8-13-10/h4-8,11,14H,2-3H2,1H3/b9-6-. The van der Waals surface area contributed by atoms with Crippen molar-refractivity contribution in [3.05, 3.63) is 42.0 Å². The Bertz CT molecular complexity index is 297. The van der Waals surface area contributed by atoms with Crippen LogP contribution in [0.3, 0.4) is 0 Å². The molecule has 0 saturated carbocycles. The first-order valence-electron chi connectivity index (χ1n) is 4.70. The number of rotatable bonds is 4. The molecule has 0 aliphatic rings. The van der Waals surface area contributed by atoms with Gasteiger partial charge in [-0.1, -0.05) is 19.4 Å². The van der Waals surface area contributed by atoms with Gasteiger partial charge in [0.25, 0.3) is 0 Å². The molecule has 1 unspecified atom stereocenters. The Labute approximate surface area is 83.1 Å². The van der Waals surface area contributed by atoms with Crippen molar-refractivity contribution in [3.8, 4) is 0 Å². The number of allylic oxidation sites excluding steroid dienone is 1. The van der Waals surface area contributed by atoms with Crippen LogP contribution in [0.5, 0.6) is 0 Å². The van der Waals surface area contributed by atoms with Crippen LogP contribution in [0.15, 0.2) is 36.3 Å². The highest BCUT2D eigenvalue weighted by molar-refractivity contribution is 5.15. The number of halogens is 1. The van der Waals surface area contributed by atoms with Gasteiger partial charge in [0.15, 0.2) is 0 Å². The lowest BCUT2D eigenvalue weighted by Gasteiger charge is -2.06. The molecule has 1 atom stereocenters. The molecule has 3 heteroatoms. The Balaban J connectivity index is 2.70. The minimum atomic E-state index is -1.22. The molecule has 1 aromatic rings. The monoisotopic (exact) mass is 195 g/mol. The molecule has 0 amide bonds. The maximum Gasteiger partial charge on any atom is 0.147 e. The fourth-order valence-electron chi connectivity index (χ4n) is 1.07. The van der Waals surface area contributed by atoms with Gasteiger partial charge >= 0.3 is 0 Å². The van der Waals surface area contributed by atoms with Crippen LogP contribution in [-0.4, -0.2) is 10.1 Å². The molecule has 2 nitrogen and oxygen atoms in total. The highest BCUT2D eigenvalue weighted by atomic mass is 19.1. The molecule has 0 fully saturated rings. The molecule has 0 spiro atoms. The minimum absolute atomic E-state index is 0.345. The van der Waals surface area contributed by atoms with E-state index in [2.05, 4.69) is 4.98 Å². The van der Waals surface area contributed by atoms with Crippen LogP contribution >= 0.6 is 0 Å². The number of pyridine rings is 1. The number of hydrogen-bond donors (Lipinski definition) is 1. The predicted molar refractivity (Wildman–Crippen MR) is 53.3 cm³/mol. The zero-order valence-corrected chi connectivity index (χ0v) is 8.15. The second-order valence-electron chi connectivity index (χ2n) is 3.03. The lowest BCUT2D eigenvalue weighted by molar-refractivity contribution is 0.181. The van der Waals surface area contributed by atoms with E-state index in [-0.39, 0.29) is 0 Å². The van der Waals surface area contributed by atoms with E-state index in [1.807, 2.05) is 6.92 Å². The van der Waals surface area contributed by atoms with Gasteiger partial charge in [0.05, 0.1) is 5.69 Å². The van der Waals surface area contributed by atoms with Crippen LogP contribution in [0, 0.1) is 0 Å². The van der Waals surface area contributed by atoms with E-state index in [1.54, 1.807) is 18.2 Å². The van der Waals surface area contributed by atoms with E-state index in [1.165, 1.54) is 12.3 Å². The Hall–Kier alpha value is -1.22. The molecular formula is C11H14FNO. The molecule has 0 saturated heterocycles. The Morgan fingerprint density at radius 3 is 3.00 bits per heavy atom. The van der Waals surface area contributed by atoms with Crippen molar-refractivity contribution in [3.63, 3.8) is 0 Å². The number of aromatic nitrogens is 1. The summed E-state index contributed by atoms with van der Waals surface area (Å²) >= 11 is 0. The summed E-state index contributed by atoms with van der Waals surface area (Å²) < 4.78 is 13.2. The molecule has 76 valence electrons. The van der Waals surface area contributed by atoms with E-state index >= 15 is 0 Å². The zero-order chi connectivity index (χ0) is 10.4. The Morgan fingerprint density at radius 1 is 1.64 bits per heavy atom. The first-order chi connectivity index (χ1) is 6.75. The van der Waals surface area contributed by atoms with Crippen molar-refractivity contribution in [2.24, 2.45) is 0 Å². The van der Waals surface area contributed by atoms with E-state index in [0.29, 0.717) is 12.1 Å². The summed E-state index contributed by atoms with van der Waals surface area (Å²) in [6.45, 7) is 1.96. The van der Waals surface area contributed by atoms with Crippen molar-refractivity contribution < 1.29 is 9.50 Å². The fraction of sp³-hybridized carbons (Fsp3) is 0.364. The summed E-state index contributed by atoms with van der Waals surface area (Å²) in [5, 5.41) is 9.51. The van der Waals surface area contributed by atoms with Gasteiger partial charge in [-0.25, -0.2) is 4.39 Å². The van der Waals surface area contributed by atoms with Crippen LogP contribution < -0.4 is 0 Å². The molecule has 0 radical (unpaired) electrons. The summed E-state index contributed by atoms with van der Waals surface area (Å²) in [6, 6.07) is 5.05. The molecule has 0 aliphatic heterocycles. The van der Waals surface area contributed by atoms with Gasteiger partial charge in [0.2, 0.25) is 0 Å². The molecule has 1 N–H and O–H groups in total. The fourth-order valence-corrected chi connectivity index (χ4v) is 1.07. The summed E-state index contributed by atoms with van der Waals surface area (Å²) in [7, 11) is 0. The van der Waals surface area contributed by atoms with Crippen molar-refractivity contribution in [1.29, 1.82) is 0 Å². The topological polar surface area (TPSA) is 33.1 Å². The van der Waals surface area contributed by atoms with Crippen molar-refractivity contribution in [2.45, 2.75) is 25.9 Å². The Kier molecular flexibility index (Phi) is 4.26. The molecule has 14 heavy (non-hydrogen) atoms. The van der Waals surface area contributed by atoms with Crippen LogP contribution in [0.2, 0.25) is 0 Å². The van der Waals surface area contributed by atoms with E-state index < -0.39 is 11.9 Å². The van der Waals surface area contributed by atoms with Crippen LogP contribution in [0.1, 0.15) is 31.6 Å². The lowest BCUT2D eigenvalue weighted by Crippen LogP contribution is -2.00. The summed E-state index contributed by atoms with van der Waals surface area (Å²) in [4.78, 5) is 3.88.